The number of rotatable bonds is 6. The molecule has 0 radical (unpaired) electrons. The van der Waals surface area contributed by atoms with E-state index in [0.29, 0.717) is 17.0 Å². The van der Waals surface area contributed by atoms with Crippen molar-refractivity contribution in [3.05, 3.63) is 65.7 Å². The van der Waals surface area contributed by atoms with Crippen molar-refractivity contribution in [2.24, 2.45) is 0 Å². The van der Waals surface area contributed by atoms with Gasteiger partial charge in [0.2, 0.25) is 0 Å². The number of methoxy groups -OCH3 is 1. The van der Waals surface area contributed by atoms with E-state index in [9.17, 15) is 9.59 Å². The largest absolute Gasteiger partial charge is 0.497 e. The molecule has 0 bridgehead atoms. The van der Waals surface area contributed by atoms with Gasteiger partial charge in [-0.2, -0.15) is 5.26 Å². The second-order valence-electron chi connectivity index (χ2n) is 5.36. The van der Waals surface area contributed by atoms with Gasteiger partial charge in [0.1, 0.15) is 5.75 Å². The van der Waals surface area contributed by atoms with Crippen molar-refractivity contribution in [1.82, 2.24) is 0 Å². The number of hydrogen-bond donors (Lipinski definition) is 1. The molecule has 132 valence electrons. The molecular formula is C20H18N2O4. The molecule has 1 N–H and O–H groups in total. The molecular weight excluding hydrogens is 332 g/mol. The molecule has 0 aliphatic rings. The molecule has 0 unspecified atom stereocenters. The average molecular weight is 350 g/mol. The smallest absolute Gasteiger partial charge is 0.331 e. The fourth-order valence-electron chi connectivity index (χ4n) is 2.02. The lowest BCUT2D eigenvalue weighted by Crippen LogP contribution is -2.29. The lowest BCUT2D eigenvalue weighted by atomic mass is 10.1. The predicted octanol–water partition coefficient (Wildman–Crippen LogP) is 3.15. The van der Waals surface area contributed by atoms with Crippen molar-refractivity contribution >= 4 is 23.6 Å². The molecule has 2 aromatic rings. The first-order valence-corrected chi connectivity index (χ1v) is 7.85. The summed E-state index contributed by atoms with van der Waals surface area (Å²) >= 11 is 0. The molecule has 1 atom stereocenters. The Morgan fingerprint density at radius 1 is 1.12 bits per heavy atom. The van der Waals surface area contributed by atoms with Crippen LogP contribution in [-0.4, -0.2) is 25.1 Å². The van der Waals surface area contributed by atoms with Crippen LogP contribution in [0.1, 0.15) is 18.1 Å². The molecule has 2 aromatic carbocycles. The van der Waals surface area contributed by atoms with Gasteiger partial charge >= 0.3 is 5.97 Å². The second kappa shape index (κ2) is 9.04. The number of nitriles is 1. The van der Waals surface area contributed by atoms with Gasteiger partial charge in [-0.1, -0.05) is 12.1 Å². The number of carbonyl (C=O) groups is 2. The Labute approximate surface area is 151 Å². The highest BCUT2D eigenvalue weighted by molar-refractivity contribution is 5.96. The van der Waals surface area contributed by atoms with Crippen molar-refractivity contribution in [2.75, 3.05) is 12.4 Å². The predicted molar refractivity (Wildman–Crippen MR) is 97.4 cm³/mol. The van der Waals surface area contributed by atoms with E-state index in [1.807, 2.05) is 6.07 Å². The Hall–Kier alpha value is -3.59. The van der Waals surface area contributed by atoms with E-state index in [4.69, 9.17) is 14.7 Å². The van der Waals surface area contributed by atoms with Crippen LogP contribution in [0.4, 0.5) is 5.69 Å². The van der Waals surface area contributed by atoms with E-state index in [1.54, 1.807) is 61.7 Å². The number of anilines is 1. The molecule has 0 aromatic heterocycles. The molecule has 6 nitrogen and oxygen atoms in total. The molecule has 6 heteroatoms. The van der Waals surface area contributed by atoms with E-state index in [-0.39, 0.29) is 0 Å². The summed E-state index contributed by atoms with van der Waals surface area (Å²) in [6, 6.07) is 15.5. The van der Waals surface area contributed by atoms with Crippen LogP contribution in [0.15, 0.2) is 54.6 Å². The lowest BCUT2D eigenvalue weighted by molar-refractivity contribution is -0.148. The Kier molecular flexibility index (Phi) is 6.52. The Morgan fingerprint density at radius 3 is 2.35 bits per heavy atom. The highest BCUT2D eigenvalue weighted by Gasteiger charge is 2.16. The van der Waals surface area contributed by atoms with Gasteiger partial charge in [-0.15, -0.1) is 0 Å². The molecule has 0 fully saturated rings. The number of benzene rings is 2. The van der Waals surface area contributed by atoms with Gasteiger partial charge in [0, 0.05) is 11.8 Å². The monoisotopic (exact) mass is 350 g/mol. The van der Waals surface area contributed by atoms with E-state index in [0.717, 1.165) is 5.56 Å². The van der Waals surface area contributed by atoms with Crippen LogP contribution >= 0.6 is 0 Å². The summed E-state index contributed by atoms with van der Waals surface area (Å²) in [5, 5.41) is 11.4. The van der Waals surface area contributed by atoms with Crippen LogP contribution in [0.2, 0.25) is 0 Å². The average Bonchev–Trinajstić information content (AvgIpc) is 2.67. The maximum atomic E-state index is 12.1. The maximum Gasteiger partial charge on any atom is 0.331 e. The van der Waals surface area contributed by atoms with E-state index >= 15 is 0 Å². The summed E-state index contributed by atoms with van der Waals surface area (Å²) in [6.45, 7) is 1.49. The Bertz CT molecular complexity index is 834. The van der Waals surface area contributed by atoms with Crippen molar-refractivity contribution in [3.8, 4) is 11.8 Å². The van der Waals surface area contributed by atoms with Gasteiger partial charge in [-0.25, -0.2) is 4.79 Å². The normalized spacial score (nSPS) is 11.4. The number of amides is 1. The molecule has 0 saturated carbocycles. The first kappa shape index (κ1) is 18.7. The summed E-state index contributed by atoms with van der Waals surface area (Å²) < 4.78 is 10.1. The molecule has 26 heavy (non-hydrogen) atoms. The summed E-state index contributed by atoms with van der Waals surface area (Å²) in [4.78, 5) is 23.9. The molecule has 0 aliphatic heterocycles. The van der Waals surface area contributed by atoms with Crippen LogP contribution in [0.3, 0.4) is 0 Å². The fourth-order valence-corrected chi connectivity index (χ4v) is 2.02. The minimum absolute atomic E-state index is 0.435. The molecule has 0 spiro atoms. The zero-order valence-corrected chi connectivity index (χ0v) is 14.4. The van der Waals surface area contributed by atoms with Crippen LogP contribution in [0, 0.1) is 11.3 Å². The fraction of sp³-hybridized carbons (Fsp3) is 0.150. The number of esters is 1. The van der Waals surface area contributed by atoms with Gasteiger partial charge in [0.05, 0.1) is 18.7 Å². The maximum absolute atomic E-state index is 12.1. The van der Waals surface area contributed by atoms with Crippen molar-refractivity contribution in [2.45, 2.75) is 13.0 Å². The van der Waals surface area contributed by atoms with Crippen molar-refractivity contribution in [1.29, 1.82) is 5.26 Å². The van der Waals surface area contributed by atoms with Crippen LogP contribution < -0.4 is 10.1 Å². The van der Waals surface area contributed by atoms with Gasteiger partial charge in [-0.05, 0) is 55.0 Å². The number of nitrogens with one attached hydrogen (secondary N) is 1. The van der Waals surface area contributed by atoms with Crippen LogP contribution in [0.5, 0.6) is 5.75 Å². The minimum atomic E-state index is -0.949. The lowest BCUT2D eigenvalue weighted by Gasteiger charge is -2.12. The van der Waals surface area contributed by atoms with E-state index < -0.39 is 18.0 Å². The third kappa shape index (κ3) is 5.49. The molecule has 0 aliphatic carbocycles. The van der Waals surface area contributed by atoms with Crippen LogP contribution in [0.25, 0.3) is 6.08 Å². The molecule has 0 saturated heterocycles. The first-order valence-electron chi connectivity index (χ1n) is 7.85. The van der Waals surface area contributed by atoms with Crippen molar-refractivity contribution in [3.63, 3.8) is 0 Å². The molecule has 1 amide bonds. The van der Waals surface area contributed by atoms with E-state index in [1.165, 1.54) is 13.0 Å². The Balaban J connectivity index is 1.87. The standard InChI is InChI=1S/C20H18N2O4/c1-14(20(24)22-17-8-10-18(25-2)11-9-17)26-19(23)12-7-15-3-5-16(13-21)6-4-15/h3-12,14H,1-2H3,(H,22,24)/b12-7+/t14-/m0/s1. The van der Waals surface area contributed by atoms with Gasteiger partial charge in [0.25, 0.3) is 5.91 Å². The minimum Gasteiger partial charge on any atom is -0.497 e. The summed E-state index contributed by atoms with van der Waals surface area (Å²) in [6.07, 6.45) is 1.84. The third-order valence-electron chi connectivity index (χ3n) is 3.47. The quantitative estimate of drug-likeness (QED) is 0.639. The van der Waals surface area contributed by atoms with Crippen LogP contribution in [-0.2, 0) is 14.3 Å². The summed E-state index contributed by atoms with van der Waals surface area (Å²) in [7, 11) is 1.56. The zero-order valence-electron chi connectivity index (χ0n) is 14.4. The number of hydrogen-bond acceptors (Lipinski definition) is 5. The summed E-state index contributed by atoms with van der Waals surface area (Å²) in [5.41, 5.74) is 1.86. The van der Waals surface area contributed by atoms with Gasteiger partial charge < -0.3 is 14.8 Å². The number of nitrogens with zero attached hydrogens (tertiary/aromatic N) is 1. The molecule has 2 rings (SSSR count). The number of ether oxygens (including phenoxy) is 2. The topological polar surface area (TPSA) is 88.4 Å². The first-order chi connectivity index (χ1) is 12.5. The van der Waals surface area contributed by atoms with E-state index in [2.05, 4.69) is 5.32 Å². The number of carbonyl (C=O) groups excluding carboxylic acids is 2. The second-order valence-corrected chi connectivity index (χ2v) is 5.36. The highest BCUT2D eigenvalue weighted by atomic mass is 16.5. The highest BCUT2D eigenvalue weighted by Crippen LogP contribution is 2.15. The molecule has 0 heterocycles. The third-order valence-corrected chi connectivity index (χ3v) is 3.47. The van der Waals surface area contributed by atoms with Crippen molar-refractivity contribution < 1.29 is 19.1 Å². The SMILES string of the molecule is COc1ccc(NC(=O)[C@H](C)OC(=O)/C=C/c2ccc(C#N)cc2)cc1. The van der Waals surface area contributed by atoms with Gasteiger partial charge in [-0.3, -0.25) is 4.79 Å². The Morgan fingerprint density at radius 2 is 1.77 bits per heavy atom. The van der Waals surface area contributed by atoms with Gasteiger partial charge in [0.15, 0.2) is 6.10 Å². The summed E-state index contributed by atoms with van der Waals surface area (Å²) in [5.74, 6) is -0.391. The zero-order chi connectivity index (χ0) is 18.9.